The van der Waals surface area contributed by atoms with Crippen LogP contribution in [0.5, 0.6) is 0 Å². The molecule has 1 aliphatic rings. The molecule has 0 bridgehead atoms. The topological polar surface area (TPSA) is 72.7 Å². The molecule has 0 fully saturated rings. The number of aromatic nitrogens is 4. The standard InChI is InChI=1S/C20H21N5OS/c1-13-6-9-18(14(2)10-13)25-20(22-23-24-25)27-12-19(26)21-17-8-7-15-4-3-5-16(15)11-17/h6-11H,3-5,12H2,1-2H3,(H,21,26). The Labute approximate surface area is 162 Å². The van der Waals surface area contributed by atoms with Crippen LogP contribution in [0.1, 0.15) is 28.7 Å². The summed E-state index contributed by atoms with van der Waals surface area (Å²) >= 11 is 1.33. The van der Waals surface area contributed by atoms with Crippen LogP contribution in [0.15, 0.2) is 41.6 Å². The summed E-state index contributed by atoms with van der Waals surface area (Å²) in [5, 5.41) is 15.5. The number of benzene rings is 2. The van der Waals surface area contributed by atoms with Crippen LogP contribution in [-0.2, 0) is 17.6 Å². The normalized spacial score (nSPS) is 12.8. The van der Waals surface area contributed by atoms with Gasteiger partial charge in [0.05, 0.1) is 11.4 Å². The summed E-state index contributed by atoms with van der Waals surface area (Å²) in [7, 11) is 0. The Morgan fingerprint density at radius 1 is 1.15 bits per heavy atom. The van der Waals surface area contributed by atoms with Gasteiger partial charge in [0.25, 0.3) is 0 Å². The Balaban J connectivity index is 1.42. The van der Waals surface area contributed by atoms with Crippen LogP contribution in [0.4, 0.5) is 5.69 Å². The van der Waals surface area contributed by atoms with E-state index in [2.05, 4.69) is 46.0 Å². The van der Waals surface area contributed by atoms with Crippen molar-refractivity contribution in [2.75, 3.05) is 11.1 Å². The van der Waals surface area contributed by atoms with Crippen molar-refractivity contribution in [1.82, 2.24) is 20.2 Å². The maximum Gasteiger partial charge on any atom is 0.234 e. The first-order chi connectivity index (χ1) is 13.1. The summed E-state index contributed by atoms with van der Waals surface area (Å²) in [4.78, 5) is 12.4. The minimum Gasteiger partial charge on any atom is -0.325 e. The number of hydrogen-bond acceptors (Lipinski definition) is 5. The number of nitrogens with one attached hydrogen (secondary N) is 1. The van der Waals surface area contributed by atoms with Crippen LogP contribution in [0.2, 0.25) is 0 Å². The minimum absolute atomic E-state index is 0.0619. The summed E-state index contributed by atoms with van der Waals surface area (Å²) < 4.78 is 1.68. The van der Waals surface area contributed by atoms with Gasteiger partial charge in [-0.1, -0.05) is 35.5 Å². The van der Waals surface area contributed by atoms with E-state index >= 15 is 0 Å². The molecule has 138 valence electrons. The predicted octanol–water partition coefficient (Wildman–Crippen LogP) is 3.50. The molecule has 0 radical (unpaired) electrons. The highest BCUT2D eigenvalue weighted by Crippen LogP contribution is 2.25. The van der Waals surface area contributed by atoms with E-state index in [1.165, 1.54) is 34.9 Å². The van der Waals surface area contributed by atoms with E-state index in [1.807, 2.05) is 25.1 Å². The number of anilines is 1. The molecule has 2 aromatic carbocycles. The molecular weight excluding hydrogens is 358 g/mol. The minimum atomic E-state index is -0.0619. The van der Waals surface area contributed by atoms with Crippen molar-refractivity contribution in [3.05, 3.63) is 58.7 Å². The van der Waals surface area contributed by atoms with Gasteiger partial charge in [-0.15, -0.1) is 5.10 Å². The summed E-state index contributed by atoms with van der Waals surface area (Å²) in [5.41, 5.74) is 6.80. The molecule has 1 amide bonds. The van der Waals surface area contributed by atoms with Gasteiger partial charge in [-0.25, -0.2) is 0 Å². The van der Waals surface area contributed by atoms with Gasteiger partial charge in [0.15, 0.2) is 0 Å². The molecule has 0 saturated heterocycles. The summed E-state index contributed by atoms with van der Waals surface area (Å²) in [6.07, 6.45) is 3.43. The zero-order valence-electron chi connectivity index (χ0n) is 15.4. The Bertz CT molecular complexity index is 998. The highest BCUT2D eigenvalue weighted by molar-refractivity contribution is 7.99. The first kappa shape index (κ1) is 17.7. The molecule has 0 atom stereocenters. The van der Waals surface area contributed by atoms with Crippen LogP contribution in [0.3, 0.4) is 0 Å². The molecule has 1 aliphatic carbocycles. The lowest BCUT2D eigenvalue weighted by Crippen LogP contribution is -2.15. The number of hydrogen-bond donors (Lipinski definition) is 1. The van der Waals surface area contributed by atoms with Gasteiger partial charge in [-0.05, 0) is 78.4 Å². The lowest BCUT2D eigenvalue weighted by atomic mass is 10.1. The maximum absolute atomic E-state index is 12.4. The Hall–Kier alpha value is -2.67. The van der Waals surface area contributed by atoms with Crippen molar-refractivity contribution >= 4 is 23.4 Å². The number of carbonyl (C=O) groups is 1. The Kier molecular flexibility index (Phi) is 4.94. The highest BCUT2D eigenvalue weighted by Gasteiger charge is 2.15. The largest absolute Gasteiger partial charge is 0.325 e. The predicted molar refractivity (Wildman–Crippen MR) is 106 cm³/mol. The van der Waals surface area contributed by atoms with Gasteiger partial charge in [0, 0.05) is 5.69 Å². The van der Waals surface area contributed by atoms with E-state index in [0.29, 0.717) is 5.16 Å². The van der Waals surface area contributed by atoms with Crippen molar-refractivity contribution in [1.29, 1.82) is 0 Å². The van der Waals surface area contributed by atoms with Gasteiger partial charge < -0.3 is 5.32 Å². The number of fused-ring (bicyclic) bond motifs is 1. The third-order valence-corrected chi connectivity index (χ3v) is 5.66. The number of tetrazole rings is 1. The smallest absolute Gasteiger partial charge is 0.234 e. The fourth-order valence-corrected chi connectivity index (χ4v) is 4.12. The van der Waals surface area contributed by atoms with Crippen molar-refractivity contribution in [3.63, 3.8) is 0 Å². The zero-order valence-corrected chi connectivity index (χ0v) is 16.2. The van der Waals surface area contributed by atoms with E-state index < -0.39 is 0 Å². The first-order valence-electron chi connectivity index (χ1n) is 9.00. The molecule has 1 aromatic heterocycles. The molecule has 0 unspecified atom stereocenters. The lowest BCUT2D eigenvalue weighted by molar-refractivity contribution is -0.113. The molecule has 4 rings (SSSR count). The summed E-state index contributed by atoms with van der Waals surface area (Å²) in [6.45, 7) is 4.08. The lowest BCUT2D eigenvalue weighted by Gasteiger charge is -2.09. The Morgan fingerprint density at radius 3 is 2.85 bits per heavy atom. The molecule has 7 heteroatoms. The van der Waals surface area contributed by atoms with Gasteiger partial charge >= 0.3 is 0 Å². The van der Waals surface area contributed by atoms with Crippen molar-refractivity contribution in [3.8, 4) is 5.69 Å². The van der Waals surface area contributed by atoms with Crippen LogP contribution in [0, 0.1) is 13.8 Å². The van der Waals surface area contributed by atoms with Crippen LogP contribution in [0.25, 0.3) is 5.69 Å². The average molecular weight is 379 g/mol. The number of rotatable bonds is 5. The monoisotopic (exact) mass is 379 g/mol. The molecule has 0 saturated carbocycles. The number of aryl methyl sites for hydroxylation is 4. The fraction of sp³-hybridized carbons (Fsp3) is 0.300. The summed E-state index contributed by atoms with van der Waals surface area (Å²) in [5.74, 6) is 0.190. The van der Waals surface area contributed by atoms with Gasteiger partial charge in [-0.2, -0.15) is 4.68 Å². The molecule has 1 heterocycles. The molecule has 27 heavy (non-hydrogen) atoms. The second-order valence-electron chi connectivity index (χ2n) is 6.84. The quantitative estimate of drug-likeness (QED) is 0.687. The summed E-state index contributed by atoms with van der Waals surface area (Å²) in [6, 6.07) is 12.3. The van der Waals surface area contributed by atoms with E-state index in [1.54, 1.807) is 4.68 Å². The van der Waals surface area contributed by atoms with Crippen LogP contribution < -0.4 is 5.32 Å². The molecular formula is C20H21N5OS. The van der Waals surface area contributed by atoms with Gasteiger partial charge in [0.2, 0.25) is 11.1 Å². The molecule has 6 nitrogen and oxygen atoms in total. The molecule has 0 aliphatic heterocycles. The van der Waals surface area contributed by atoms with Crippen LogP contribution in [-0.4, -0.2) is 31.9 Å². The fourth-order valence-electron chi connectivity index (χ4n) is 3.44. The van der Waals surface area contributed by atoms with Crippen molar-refractivity contribution in [2.24, 2.45) is 0 Å². The van der Waals surface area contributed by atoms with Crippen LogP contribution >= 0.6 is 11.8 Å². The number of thioether (sulfide) groups is 1. The zero-order chi connectivity index (χ0) is 18.8. The van der Waals surface area contributed by atoms with E-state index in [9.17, 15) is 4.79 Å². The average Bonchev–Trinajstić information content (AvgIpc) is 3.28. The third-order valence-electron chi connectivity index (χ3n) is 4.74. The van der Waals surface area contributed by atoms with E-state index in [-0.39, 0.29) is 11.7 Å². The van der Waals surface area contributed by atoms with E-state index in [0.717, 1.165) is 29.8 Å². The number of carbonyl (C=O) groups excluding carboxylic acids is 1. The molecule has 1 N–H and O–H groups in total. The number of amides is 1. The molecule has 3 aromatic rings. The second kappa shape index (κ2) is 7.52. The second-order valence-corrected chi connectivity index (χ2v) is 7.78. The SMILES string of the molecule is Cc1ccc(-n2nnnc2SCC(=O)Nc2ccc3c(c2)CCC3)c(C)c1. The third kappa shape index (κ3) is 3.88. The number of nitrogens with zero attached hydrogens (tertiary/aromatic N) is 4. The Morgan fingerprint density at radius 2 is 2.00 bits per heavy atom. The van der Waals surface area contributed by atoms with E-state index in [4.69, 9.17) is 0 Å². The van der Waals surface area contributed by atoms with Crippen molar-refractivity contribution in [2.45, 2.75) is 38.3 Å². The maximum atomic E-state index is 12.4. The van der Waals surface area contributed by atoms with Gasteiger partial charge in [-0.3, -0.25) is 4.79 Å². The first-order valence-corrected chi connectivity index (χ1v) is 9.99. The molecule has 0 spiro atoms. The van der Waals surface area contributed by atoms with Crippen molar-refractivity contribution < 1.29 is 4.79 Å². The highest BCUT2D eigenvalue weighted by atomic mass is 32.2. The van der Waals surface area contributed by atoms with Gasteiger partial charge in [0.1, 0.15) is 0 Å².